The van der Waals surface area contributed by atoms with E-state index in [1.54, 1.807) is 6.20 Å². The van der Waals surface area contributed by atoms with Gasteiger partial charge in [-0.1, -0.05) is 0 Å². The zero-order valence-electron chi connectivity index (χ0n) is 5.63. The topological polar surface area (TPSA) is 30.2 Å². The van der Waals surface area contributed by atoms with Gasteiger partial charge in [0.25, 0.3) is 0 Å². The van der Waals surface area contributed by atoms with E-state index in [1.807, 2.05) is 0 Å². The molecule has 2 heterocycles. The van der Waals surface area contributed by atoms with Gasteiger partial charge in [0.05, 0.1) is 0 Å². The Morgan fingerprint density at radius 2 is 2.33 bits per heavy atom. The second-order valence-electron chi connectivity index (χ2n) is 2.16. The summed E-state index contributed by atoms with van der Waals surface area (Å²) in [6.45, 7) is 0. The van der Waals surface area contributed by atoms with Crippen LogP contribution in [0.3, 0.4) is 0 Å². The van der Waals surface area contributed by atoms with Gasteiger partial charge in [0.15, 0.2) is 11.5 Å². The second kappa shape index (κ2) is 2.67. The average Bonchev–Trinajstić information content (AvgIpc) is 2.29. The lowest BCUT2D eigenvalue weighted by molar-refractivity contribution is 0.626. The van der Waals surface area contributed by atoms with E-state index in [-0.39, 0.29) is 10.9 Å². The van der Waals surface area contributed by atoms with Gasteiger partial charge in [0, 0.05) is 10.7 Å². The molecule has 0 aliphatic heterocycles. The smallest absolute Gasteiger partial charge is 0.216 e. The molecular formula is C6H2BrClFN3. The number of hydrogen-bond donors (Lipinski definition) is 0. The quantitative estimate of drug-likeness (QED) is 0.718. The normalized spacial score (nSPS) is 10.9. The molecule has 0 bridgehead atoms. The van der Waals surface area contributed by atoms with Crippen LogP contribution in [0.4, 0.5) is 4.39 Å². The molecule has 0 unspecified atom stereocenters. The maximum absolute atomic E-state index is 13.0. The Morgan fingerprint density at radius 3 is 3.08 bits per heavy atom. The van der Waals surface area contributed by atoms with Gasteiger partial charge in [-0.25, -0.2) is 8.91 Å². The number of rotatable bonds is 0. The van der Waals surface area contributed by atoms with Crippen molar-refractivity contribution in [2.24, 2.45) is 0 Å². The molecule has 2 rings (SSSR count). The van der Waals surface area contributed by atoms with E-state index in [9.17, 15) is 4.39 Å². The van der Waals surface area contributed by atoms with Crippen LogP contribution in [-0.2, 0) is 0 Å². The van der Waals surface area contributed by atoms with E-state index in [1.165, 1.54) is 10.6 Å². The van der Waals surface area contributed by atoms with Gasteiger partial charge in [0.2, 0.25) is 5.28 Å². The fraction of sp³-hybridized carbons (Fsp3) is 0. The van der Waals surface area contributed by atoms with Crippen molar-refractivity contribution in [1.29, 1.82) is 0 Å². The van der Waals surface area contributed by atoms with E-state index in [0.717, 1.165) is 0 Å². The maximum atomic E-state index is 13.0. The third kappa shape index (κ3) is 1.19. The molecule has 2 aromatic heterocycles. The van der Waals surface area contributed by atoms with Crippen molar-refractivity contribution in [1.82, 2.24) is 14.6 Å². The summed E-state index contributed by atoms with van der Waals surface area (Å²) in [5, 5.41) is 3.77. The third-order valence-corrected chi connectivity index (χ3v) is 1.92. The monoisotopic (exact) mass is 249 g/mol. The first kappa shape index (κ1) is 7.94. The molecule has 0 saturated carbocycles. The lowest BCUT2D eigenvalue weighted by atomic mass is 10.5. The van der Waals surface area contributed by atoms with E-state index < -0.39 is 5.82 Å². The molecule has 0 fully saturated rings. The highest BCUT2D eigenvalue weighted by molar-refractivity contribution is 9.10. The van der Waals surface area contributed by atoms with Gasteiger partial charge in [0.1, 0.15) is 0 Å². The Labute approximate surface area is 80.3 Å². The van der Waals surface area contributed by atoms with Crippen LogP contribution in [0.2, 0.25) is 5.28 Å². The summed E-state index contributed by atoms with van der Waals surface area (Å²) in [6.07, 6.45) is 1.58. The highest BCUT2D eigenvalue weighted by atomic mass is 79.9. The van der Waals surface area contributed by atoms with E-state index in [4.69, 9.17) is 11.6 Å². The SMILES string of the molecule is Fc1cc(Br)cn2nc(Cl)nc12. The first-order chi connectivity index (χ1) is 5.66. The summed E-state index contributed by atoms with van der Waals surface area (Å²) in [7, 11) is 0. The molecular weight excluding hydrogens is 248 g/mol. The molecule has 0 atom stereocenters. The minimum atomic E-state index is -0.455. The lowest BCUT2D eigenvalue weighted by Crippen LogP contribution is -1.89. The van der Waals surface area contributed by atoms with Crippen LogP contribution >= 0.6 is 27.5 Å². The van der Waals surface area contributed by atoms with Crippen LogP contribution in [0.5, 0.6) is 0 Å². The molecule has 6 heteroatoms. The third-order valence-electron chi connectivity index (χ3n) is 1.33. The van der Waals surface area contributed by atoms with Crippen LogP contribution < -0.4 is 0 Å². The molecule has 3 nitrogen and oxygen atoms in total. The standard InChI is InChI=1S/C6H2BrClFN3/c7-3-1-4(9)5-10-6(8)11-12(5)2-3/h1-2H. The average molecular weight is 250 g/mol. The number of pyridine rings is 1. The van der Waals surface area contributed by atoms with Crippen molar-refractivity contribution in [3.05, 3.63) is 27.8 Å². The first-order valence-electron chi connectivity index (χ1n) is 3.04. The number of hydrogen-bond acceptors (Lipinski definition) is 2. The fourth-order valence-corrected chi connectivity index (χ4v) is 1.45. The van der Waals surface area contributed by atoms with Crippen molar-refractivity contribution >= 4 is 33.2 Å². The Kier molecular flexibility index (Phi) is 1.77. The highest BCUT2D eigenvalue weighted by Crippen LogP contribution is 2.15. The number of nitrogens with zero attached hydrogens (tertiary/aromatic N) is 3. The van der Waals surface area contributed by atoms with Crippen molar-refractivity contribution < 1.29 is 4.39 Å². The lowest BCUT2D eigenvalue weighted by Gasteiger charge is -1.93. The van der Waals surface area contributed by atoms with E-state index >= 15 is 0 Å². The van der Waals surface area contributed by atoms with E-state index in [2.05, 4.69) is 26.0 Å². The van der Waals surface area contributed by atoms with E-state index in [0.29, 0.717) is 4.47 Å². The molecule has 0 aliphatic carbocycles. The molecule has 0 amide bonds. The van der Waals surface area contributed by atoms with Gasteiger partial charge < -0.3 is 0 Å². The van der Waals surface area contributed by atoms with Gasteiger partial charge in [-0.05, 0) is 33.6 Å². The molecule has 62 valence electrons. The number of fused-ring (bicyclic) bond motifs is 1. The molecule has 0 aliphatic rings. The predicted octanol–water partition coefficient (Wildman–Crippen LogP) is 2.28. The summed E-state index contributed by atoms with van der Waals surface area (Å²) in [4.78, 5) is 3.68. The van der Waals surface area contributed by atoms with Crippen LogP contribution in [-0.4, -0.2) is 14.6 Å². The first-order valence-corrected chi connectivity index (χ1v) is 4.21. The van der Waals surface area contributed by atoms with Gasteiger partial charge in [-0.3, -0.25) is 0 Å². The Hall–Kier alpha value is -0.680. The molecule has 0 spiro atoms. The van der Waals surface area contributed by atoms with Gasteiger partial charge in [-0.2, -0.15) is 4.98 Å². The minimum Gasteiger partial charge on any atom is -0.216 e. The number of halogens is 3. The molecule has 2 aromatic rings. The zero-order valence-corrected chi connectivity index (χ0v) is 7.97. The summed E-state index contributed by atoms with van der Waals surface area (Å²) in [5.74, 6) is -0.455. The summed E-state index contributed by atoms with van der Waals surface area (Å²) in [5.41, 5.74) is 0.128. The second-order valence-corrected chi connectivity index (χ2v) is 3.41. The van der Waals surface area contributed by atoms with Crippen molar-refractivity contribution in [3.63, 3.8) is 0 Å². The Balaban J connectivity index is 2.88. The Bertz CT molecular complexity index is 442. The van der Waals surface area contributed by atoms with Crippen LogP contribution in [0.15, 0.2) is 16.7 Å². The van der Waals surface area contributed by atoms with Crippen LogP contribution in [0.1, 0.15) is 0 Å². The summed E-state index contributed by atoms with van der Waals surface area (Å²) in [6, 6.07) is 1.31. The highest BCUT2D eigenvalue weighted by Gasteiger charge is 2.06. The molecule has 12 heavy (non-hydrogen) atoms. The predicted molar refractivity (Wildman–Crippen MR) is 45.7 cm³/mol. The number of aromatic nitrogens is 3. The van der Waals surface area contributed by atoms with Crippen LogP contribution in [0.25, 0.3) is 5.65 Å². The Morgan fingerprint density at radius 1 is 1.58 bits per heavy atom. The summed E-state index contributed by atoms with van der Waals surface area (Å²) < 4.78 is 14.9. The van der Waals surface area contributed by atoms with Crippen molar-refractivity contribution in [2.45, 2.75) is 0 Å². The van der Waals surface area contributed by atoms with Gasteiger partial charge in [-0.15, -0.1) is 5.10 Å². The molecule has 0 saturated heterocycles. The molecule has 0 N–H and O–H groups in total. The van der Waals surface area contributed by atoms with Crippen molar-refractivity contribution in [3.8, 4) is 0 Å². The fourth-order valence-electron chi connectivity index (χ4n) is 0.890. The van der Waals surface area contributed by atoms with Crippen molar-refractivity contribution in [2.75, 3.05) is 0 Å². The van der Waals surface area contributed by atoms with Gasteiger partial charge >= 0.3 is 0 Å². The molecule has 0 aromatic carbocycles. The minimum absolute atomic E-state index is 0.0343. The molecule has 0 radical (unpaired) electrons. The largest absolute Gasteiger partial charge is 0.243 e. The summed E-state index contributed by atoms with van der Waals surface area (Å²) >= 11 is 8.60. The zero-order chi connectivity index (χ0) is 8.72. The van der Waals surface area contributed by atoms with Crippen LogP contribution in [0, 0.1) is 5.82 Å². The maximum Gasteiger partial charge on any atom is 0.243 e.